The van der Waals surface area contributed by atoms with Crippen LogP contribution in [0.15, 0.2) is 0 Å². The van der Waals surface area contributed by atoms with E-state index >= 15 is 0 Å². The van der Waals surface area contributed by atoms with Gasteiger partial charge in [0.2, 0.25) is 0 Å². The number of ether oxygens (including phenoxy) is 1. The van der Waals surface area contributed by atoms with Crippen molar-refractivity contribution in [2.24, 2.45) is 5.92 Å². The van der Waals surface area contributed by atoms with Gasteiger partial charge >= 0.3 is 0 Å². The third-order valence-corrected chi connectivity index (χ3v) is 2.74. The predicted octanol–water partition coefficient (Wildman–Crippen LogP) is 1.92. The van der Waals surface area contributed by atoms with Crippen LogP contribution in [0.2, 0.25) is 0 Å². The second kappa shape index (κ2) is 3.56. The monoisotopic (exact) mass is 168 g/mol. The molecule has 0 spiro atoms. The average molecular weight is 168 g/mol. The minimum absolute atomic E-state index is 0.256. The molecule has 0 aromatic rings. The van der Waals surface area contributed by atoms with Crippen molar-refractivity contribution in [1.82, 2.24) is 0 Å². The second-order valence-electron chi connectivity index (χ2n) is 3.93. The summed E-state index contributed by atoms with van der Waals surface area (Å²) < 4.78 is 5.51. The van der Waals surface area contributed by atoms with Crippen LogP contribution >= 0.6 is 0 Å². The molecule has 0 radical (unpaired) electrons. The topological polar surface area (TPSA) is 26.3 Å². The van der Waals surface area contributed by atoms with Gasteiger partial charge in [0, 0.05) is 18.9 Å². The molecule has 2 aliphatic rings. The van der Waals surface area contributed by atoms with E-state index in [0.29, 0.717) is 18.1 Å². The Morgan fingerprint density at radius 2 is 2.08 bits per heavy atom. The third kappa shape index (κ3) is 2.07. The summed E-state index contributed by atoms with van der Waals surface area (Å²) in [7, 11) is 0. The fraction of sp³-hybridized carbons (Fsp3) is 0.900. The normalized spacial score (nSPS) is 30.2. The molecular formula is C10H16O2. The molecule has 2 fully saturated rings. The number of carbonyl (C=O) groups is 1. The smallest absolute Gasteiger partial charge is 0.138 e. The van der Waals surface area contributed by atoms with Crippen LogP contribution in [-0.2, 0) is 9.53 Å². The van der Waals surface area contributed by atoms with Crippen LogP contribution in [-0.4, -0.2) is 18.5 Å². The summed E-state index contributed by atoms with van der Waals surface area (Å²) in [6.07, 6.45) is 6.71. The van der Waals surface area contributed by atoms with Crippen LogP contribution in [0.25, 0.3) is 0 Å². The van der Waals surface area contributed by atoms with Gasteiger partial charge in [0.25, 0.3) is 0 Å². The molecule has 12 heavy (non-hydrogen) atoms. The highest BCUT2D eigenvalue weighted by Gasteiger charge is 2.31. The molecule has 68 valence electrons. The SMILES string of the molecule is O=C(CC1CCCCO1)C1CC1. The first kappa shape index (κ1) is 8.24. The van der Waals surface area contributed by atoms with Crippen LogP contribution in [0.1, 0.15) is 38.5 Å². The third-order valence-electron chi connectivity index (χ3n) is 2.74. The van der Waals surface area contributed by atoms with Gasteiger partial charge in [-0.25, -0.2) is 0 Å². The molecule has 0 N–H and O–H groups in total. The molecule has 1 aliphatic heterocycles. The van der Waals surface area contributed by atoms with Gasteiger partial charge in [0.1, 0.15) is 5.78 Å². The minimum Gasteiger partial charge on any atom is -0.378 e. The second-order valence-corrected chi connectivity index (χ2v) is 3.93. The van der Waals surface area contributed by atoms with Crippen LogP contribution in [0.4, 0.5) is 0 Å². The molecule has 1 saturated carbocycles. The molecule has 0 aromatic heterocycles. The van der Waals surface area contributed by atoms with Crippen LogP contribution in [0, 0.1) is 5.92 Å². The van der Waals surface area contributed by atoms with E-state index in [-0.39, 0.29) is 6.10 Å². The number of Topliss-reactive ketones (excluding diaryl/α,β-unsaturated/α-hetero) is 1. The van der Waals surface area contributed by atoms with Crippen molar-refractivity contribution in [2.45, 2.75) is 44.6 Å². The van der Waals surface area contributed by atoms with Crippen molar-refractivity contribution >= 4 is 5.78 Å². The van der Waals surface area contributed by atoms with Gasteiger partial charge in [-0.1, -0.05) is 0 Å². The molecule has 1 aliphatic carbocycles. The van der Waals surface area contributed by atoms with Gasteiger partial charge in [0.05, 0.1) is 6.10 Å². The highest BCUT2D eigenvalue weighted by Crippen LogP contribution is 2.32. The van der Waals surface area contributed by atoms with Gasteiger partial charge in [-0.05, 0) is 32.1 Å². The molecule has 1 atom stereocenters. The predicted molar refractivity (Wildman–Crippen MR) is 45.9 cm³/mol. The van der Waals surface area contributed by atoms with E-state index in [9.17, 15) is 4.79 Å². The summed E-state index contributed by atoms with van der Waals surface area (Å²) in [6, 6.07) is 0. The van der Waals surface area contributed by atoms with E-state index in [1.807, 2.05) is 0 Å². The summed E-state index contributed by atoms with van der Waals surface area (Å²) in [4.78, 5) is 11.4. The van der Waals surface area contributed by atoms with Gasteiger partial charge in [-0.15, -0.1) is 0 Å². The summed E-state index contributed by atoms with van der Waals surface area (Å²) in [6.45, 7) is 0.864. The Bertz CT molecular complexity index is 167. The van der Waals surface area contributed by atoms with E-state index < -0.39 is 0 Å². The Labute approximate surface area is 73.3 Å². The largest absolute Gasteiger partial charge is 0.378 e. The number of rotatable bonds is 3. The van der Waals surface area contributed by atoms with E-state index in [0.717, 1.165) is 25.9 Å². The average Bonchev–Trinajstić information content (AvgIpc) is 2.88. The quantitative estimate of drug-likeness (QED) is 0.643. The van der Waals surface area contributed by atoms with Gasteiger partial charge in [-0.2, -0.15) is 0 Å². The van der Waals surface area contributed by atoms with E-state index in [1.54, 1.807) is 0 Å². The lowest BCUT2D eigenvalue weighted by Gasteiger charge is -2.21. The Morgan fingerprint density at radius 1 is 1.25 bits per heavy atom. The zero-order valence-corrected chi connectivity index (χ0v) is 7.42. The van der Waals surface area contributed by atoms with Crippen molar-refractivity contribution in [3.8, 4) is 0 Å². The molecular weight excluding hydrogens is 152 g/mol. The van der Waals surface area contributed by atoms with Crippen LogP contribution < -0.4 is 0 Å². The summed E-state index contributed by atoms with van der Waals surface area (Å²) >= 11 is 0. The molecule has 0 amide bonds. The first-order valence-corrected chi connectivity index (χ1v) is 5.00. The molecule has 1 heterocycles. The summed E-state index contributed by atoms with van der Waals surface area (Å²) in [5.74, 6) is 0.859. The highest BCUT2D eigenvalue weighted by atomic mass is 16.5. The lowest BCUT2D eigenvalue weighted by Crippen LogP contribution is -2.22. The Hall–Kier alpha value is -0.370. The molecule has 0 aromatic carbocycles. The molecule has 1 saturated heterocycles. The summed E-state index contributed by atoms with van der Waals surface area (Å²) in [5, 5.41) is 0. The van der Waals surface area contributed by atoms with E-state index in [2.05, 4.69) is 0 Å². The van der Waals surface area contributed by atoms with Gasteiger partial charge in [0.15, 0.2) is 0 Å². The standard InChI is InChI=1S/C10H16O2/c11-10(8-4-5-8)7-9-3-1-2-6-12-9/h8-9H,1-7H2. The maximum Gasteiger partial charge on any atom is 0.138 e. The number of hydrogen-bond donors (Lipinski definition) is 0. The van der Waals surface area contributed by atoms with Crippen molar-refractivity contribution in [3.05, 3.63) is 0 Å². The molecule has 0 bridgehead atoms. The van der Waals surface area contributed by atoms with Crippen molar-refractivity contribution < 1.29 is 9.53 Å². The molecule has 1 unspecified atom stereocenters. The Kier molecular flexibility index (Phi) is 2.45. The molecule has 2 rings (SSSR count). The maximum absolute atomic E-state index is 11.4. The Morgan fingerprint density at radius 3 is 2.67 bits per heavy atom. The zero-order chi connectivity index (χ0) is 8.39. The lowest BCUT2D eigenvalue weighted by atomic mass is 10.0. The Balaban J connectivity index is 1.73. The van der Waals surface area contributed by atoms with Gasteiger partial charge in [-0.3, -0.25) is 4.79 Å². The van der Waals surface area contributed by atoms with Crippen LogP contribution in [0.5, 0.6) is 0 Å². The number of carbonyl (C=O) groups excluding carboxylic acids is 1. The number of hydrogen-bond acceptors (Lipinski definition) is 2. The van der Waals surface area contributed by atoms with Crippen LogP contribution in [0.3, 0.4) is 0 Å². The van der Waals surface area contributed by atoms with E-state index in [1.165, 1.54) is 12.8 Å². The van der Waals surface area contributed by atoms with Crippen molar-refractivity contribution in [3.63, 3.8) is 0 Å². The number of ketones is 1. The highest BCUT2D eigenvalue weighted by molar-refractivity contribution is 5.83. The lowest BCUT2D eigenvalue weighted by molar-refractivity contribution is -0.123. The summed E-state index contributed by atoms with van der Waals surface area (Å²) in [5.41, 5.74) is 0. The first-order valence-electron chi connectivity index (χ1n) is 5.00. The first-order chi connectivity index (χ1) is 5.86. The zero-order valence-electron chi connectivity index (χ0n) is 7.42. The fourth-order valence-corrected chi connectivity index (χ4v) is 1.76. The molecule has 2 nitrogen and oxygen atoms in total. The van der Waals surface area contributed by atoms with Crippen molar-refractivity contribution in [2.75, 3.05) is 6.61 Å². The van der Waals surface area contributed by atoms with E-state index in [4.69, 9.17) is 4.74 Å². The van der Waals surface area contributed by atoms with Gasteiger partial charge < -0.3 is 4.74 Å². The molecule has 2 heteroatoms. The fourth-order valence-electron chi connectivity index (χ4n) is 1.76. The minimum atomic E-state index is 0.256. The van der Waals surface area contributed by atoms with Crippen molar-refractivity contribution in [1.29, 1.82) is 0 Å². The maximum atomic E-state index is 11.4.